The maximum absolute atomic E-state index is 12.0. The lowest BCUT2D eigenvalue weighted by Crippen LogP contribution is -2.31. The fourth-order valence-corrected chi connectivity index (χ4v) is 2.19. The van der Waals surface area contributed by atoms with E-state index in [1.54, 1.807) is 30.7 Å². The number of hydrogen-bond acceptors (Lipinski definition) is 3. The molecule has 1 atom stereocenters. The lowest BCUT2D eigenvalue weighted by Gasteiger charge is -2.12. The van der Waals surface area contributed by atoms with E-state index in [0.29, 0.717) is 11.5 Å². The number of urea groups is 1. The number of anilines is 1. The molecule has 0 aliphatic rings. The largest absolute Gasteiger partial charge is 0.340 e. The zero-order chi connectivity index (χ0) is 16.1. The van der Waals surface area contributed by atoms with Crippen molar-refractivity contribution in [1.82, 2.24) is 20.3 Å². The fourth-order valence-electron chi connectivity index (χ4n) is 2.19. The van der Waals surface area contributed by atoms with E-state index in [-0.39, 0.29) is 12.1 Å². The summed E-state index contributed by atoms with van der Waals surface area (Å²) >= 11 is 0. The van der Waals surface area contributed by atoms with Gasteiger partial charge >= 0.3 is 6.03 Å². The number of H-pyrrole nitrogens is 1. The number of imidazole rings is 1. The number of pyridine rings is 1. The summed E-state index contributed by atoms with van der Waals surface area (Å²) < 4.78 is 0. The van der Waals surface area contributed by atoms with Crippen LogP contribution in [0.15, 0.2) is 61.1 Å². The minimum absolute atomic E-state index is 0.241. The minimum atomic E-state index is -0.290. The van der Waals surface area contributed by atoms with Crippen LogP contribution in [-0.4, -0.2) is 21.0 Å². The molecule has 0 saturated carbocycles. The average molecular weight is 307 g/mol. The first-order valence-electron chi connectivity index (χ1n) is 7.30. The molecule has 6 heteroatoms. The number of hydrogen-bond donors (Lipinski definition) is 3. The quantitative estimate of drug-likeness (QED) is 0.691. The number of rotatable bonds is 4. The molecule has 0 aliphatic carbocycles. The molecule has 3 rings (SSSR count). The van der Waals surface area contributed by atoms with Crippen LogP contribution in [0.4, 0.5) is 10.5 Å². The van der Waals surface area contributed by atoms with Crippen LogP contribution in [0.3, 0.4) is 0 Å². The van der Waals surface area contributed by atoms with Crippen molar-refractivity contribution in [2.75, 3.05) is 5.32 Å². The van der Waals surface area contributed by atoms with Crippen LogP contribution < -0.4 is 10.6 Å². The van der Waals surface area contributed by atoms with Crippen molar-refractivity contribution in [3.63, 3.8) is 0 Å². The Balaban J connectivity index is 1.63. The van der Waals surface area contributed by atoms with Gasteiger partial charge in [-0.2, -0.15) is 0 Å². The van der Waals surface area contributed by atoms with E-state index < -0.39 is 0 Å². The molecule has 0 fully saturated rings. The standard InChI is InChI=1S/C17H17N5O/c1-12(20-17(23)21-14-7-9-18-10-8-14)16-19-11-15(22-16)13-5-3-2-4-6-13/h2-12H,1H3,(H,19,22)(H2,18,20,21,23). The van der Waals surface area contributed by atoms with E-state index >= 15 is 0 Å². The van der Waals surface area contributed by atoms with Gasteiger partial charge in [-0.1, -0.05) is 30.3 Å². The van der Waals surface area contributed by atoms with Crippen LogP contribution in [0, 0.1) is 0 Å². The van der Waals surface area contributed by atoms with E-state index in [4.69, 9.17) is 0 Å². The summed E-state index contributed by atoms with van der Waals surface area (Å²) in [5.74, 6) is 0.703. The van der Waals surface area contributed by atoms with E-state index in [2.05, 4.69) is 25.6 Å². The highest BCUT2D eigenvalue weighted by atomic mass is 16.2. The molecular formula is C17H17N5O. The Kier molecular flexibility index (Phi) is 4.33. The van der Waals surface area contributed by atoms with Crippen LogP contribution in [0.1, 0.15) is 18.8 Å². The maximum atomic E-state index is 12.0. The number of carbonyl (C=O) groups excluding carboxylic acids is 1. The summed E-state index contributed by atoms with van der Waals surface area (Å²) in [5.41, 5.74) is 2.66. The third kappa shape index (κ3) is 3.74. The number of aromatic nitrogens is 3. The maximum Gasteiger partial charge on any atom is 0.319 e. The van der Waals surface area contributed by atoms with Gasteiger partial charge in [0.2, 0.25) is 0 Å². The molecule has 1 unspecified atom stereocenters. The SMILES string of the molecule is CC(NC(=O)Nc1ccncc1)c1ncc(-c2ccccc2)[nH]1. The van der Waals surface area contributed by atoms with E-state index in [0.717, 1.165) is 11.3 Å². The molecule has 0 saturated heterocycles. The van der Waals surface area contributed by atoms with Crippen LogP contribution in [0.5, 0.6) is 0 Å². The lowest BCUT2D eigenvalue weighted by atomic mass is 10.2. The predicted molar refractivity (Wildman–Crippen MR) is 88.8 cm³/mol. The second kappa shape index (κ2) is 6.74. The first-order chi connectivity index (χ1) is 11.2. The topological polar surface area (TPSA) is 82.7 Å². The number of nitrogens with one attached hydrogen (secondary N) is 3. The summed E-state index contributed by atoms with van der Waals surface area (Å²) in [4.78, 5) is 23.5. The first kappa shape index (κ1) is 14.8. The van der Waals surface area contributed by atoms with E-state index in [1.807, 2.05) is 37.3 Å². The summed E-state index contributed by atoms with van der Waals surface area (Å²) in [7, 11) is 0. The molecule has 2 amide bonds. The van der Waals surface area contributed by atoms with E-state index in [9.17, 15) is 4.79 Å². The highest BCUT2D eigenvalue weighted by Crippen LogP contribution is 2.18. The molecule has 3 aromatic rings. The number of amides is 2. The molecule has 116 valence electrons. The van der Waals surface area contributed by atoms with Gasteiger partial charge < -0.3 is 15.6 Å². The number of carbonyl (C=O) groups is 1. The van der Waals surface area contributed by atoms with Crippen molar-refractivity contribution >= 4 is 11.7 Å². The molecule has 0 aliphatic heterocycles. The lowest BCUT2D eigenvalue weighted by molar-refractivity contribution is 0.249. The minimum Gasteiger partial charge on any atom is -0.340 e. The Bertz CT molecular complexity index is 770. The van der Waals surface area contributed by atoms with E-state index in [1.165, 1.54) is 0 Å². The van der Waals surface area contributed by atoms with Crippen LogP contribution in [0.2, 0.25) is 0 Å². The Morgan fingerprint density at radius 3 is 2.61 bits per heavy atom. The zero-order valence-electron chi connectivity index (χ0n) is 12.7. The molecule has 0 bridgehead atoms. The molecule has 23 heavy (non-hydrogen) atoms. The molecule has 0 radical (unpaired) electrons. The summed E-state index contributed by atoms with van der Waals surface area (Å²) in [6.07, 6.45) is 5.01. The van der Waals surface area contributed by atoms with Crippen LogP contribution in [0.25, 0.3) is 11.3 Å². The molecule has 1 aromatic carbocycles. The number of aromatic amines is 1. The Morgan fingerprint density at radius 2 is 1.87 bits per heavy atom. The third-order valence-corrected chi connectivity index (χ3v) is 3.38. The van der Waals surface area contributed by atoms with Crippen molar-refractivity contribution in [2.24, 2.45) is 0 Å². The second-order valence-electron chi connectivity index (χ2n) is 5.10. The highest BCUT2D eigenvalue weighted by molar-refractivity contribution is 5.89. The van der Waals surface area contributed by atoms with Gasteiger partial charge in [0.15, 0.2) is 0 Å². The molecule has 3 N–H and O–H groups in total. The highest BCUT2D eigenvalue weighted by Gasteiger charge is 2.13. The Morgan fingerprint density at radius 1 is 1.13 bits per heavy atom. The van der Waals surface area contributed by atoms with Gasteiger partial charge in [-0.05, 0) is 24.6 Å². The summed E-state index contributed by atoms with van der Waals surface area (Å²) in [6.45, 7) is 1.87. The monoisotopic (exact) mass is 307 g/mol. The Hall–Kier alpha value is -3.15. The van der Waals surface area contributed by atoms with Crippen molar-refractivity contribution in [2.45, 2.75) is 13.0 Å². The van der Waals surface area contributed by atoms with Gasteiger partial charge in [0.05, 0.1) is 17.9 Å². The first-order valence-corrected chi connectivity index (χ1v) is 7.30. The Labute approximate surface area is 134 Å². The summed E-state index contributed by atoms with van der Waals surface area (Å²) in [6, 6.07) is 12.8. The van der Waals surface area contributed by atoms with Crippen molar-refractivity contribution < 1.29 is 4.79 Å². The van der Waals surface area contributed by atoms with Crippen molar-refractivity contribution in [3.8, 4) is 11.3 Å². The second-order valence-corrected chi connectivity index (χ2v) is 5.10. The van der Waals surface area contributed by atoms with Gasteiger partial charge in [-0.3, -0.25) is 4.98 Å². The van der Waals surface area contributed by atoms with Gasteiger partial charge in [0, 0.05) is 18.1 Å². The van der Waals surface area contributed by atoms with Gasteiger partial charge in [0.25, 0.3) is 0 Å². The third-order valence-electron chi connectivity index (χ3n) is 3.38. The average Bonchev–Trinajstić information content (AvgIpc) is 3.06. The summed E-state index contributed by atoms with van der Waals surface area (Å²) in [5, 5.41) is 5.59. The predicted octanol–water partition coefficient (Wildman–Crippen LogP) is 3.35. The van der Waals surface area contributed by atoms with Crippen LogP contribution in [-0.2, 0) is 0 Å². The normalized spacial score (nSPS) is 11.7. The van der Waals surface area contributed by atoms with Gasteiger partial charge in [-0.15, -0.1) is 0 Å². The molecular weight excluding hydrogens is 290 g/mol. The van der Waals surface area contributed by atoms with Crippen molar-refractivity contribution in [1.29, 1.82) is 0 Å². The fraction of sp³-hybridized carbons (Fsp3) is 0.118. The molecule has 2 aromatic heterocycles. The smallest absolute Gasteiger partial charge is 0.319 e. The van der Waals surface area contributed by atoms with Crippen molar-refractivity contribution in [3.05, 3.63) is 66.9 Å². The molecule has 0 spiro atoms. The molecule has 2 heterocycles. The number of nitrogens with zero attached hydrogens (tertiary/aromatic N) is 2. The van der Waals surface area contributed by atoms with Gasteiger partial charge in [0.1, 0.15) is 5.82 Å². The van der Waals surface area contributed by atoms with Gasteiger partial charge in [-0.25, -0.2) is 9.78 Å². The zero-order valence-corrected chi connectivity index (χ0v) is 12.7. The van der Waals surface area contributed by atoms with Crippen LogP contribution >= 0.6 is 0 Å². The molecule has 6 nitrogen and oxygen atoms in total. The number of benzene rings is 1.